The topological polar surface area (TPSA) is 20.3 Å². The van der Waals surface area contributed by atoms with E-state index in [9.17, 15) is 4.79 Å². The third kappa shape index (κ3) is 1.21. The zero-order valence-corrected chi connectivity index (χ0v) is 8.99. The molecule has 0 N–H and O–H groups in total. The van der Waals surface area contributed by atoms with E-state index >= 15 is 0 Å². The number of nitrogens with zero attached hydrogens (tertiary/aromatic N) is 1. The Balaban J connectivity index is 2.09. The second-order valence-corrected chi connectivity index (χ2v) is 4.61. The molecule has 3 rings (SSSR count). The van der Waals surface area contributed by atoms with E-state index in [1.165, 1.54) is 36.1 Å². The van der Waals surface area contributed by atoms with Gasteiger partial charge in [0.1, 0.15) is 0 Å². The quantitative estimate of drug-likeness (QED) is 0.683. The molecule has 0 saturated heterocycles. The van der Waals surface area contributed by atoms with Crippen molar-refractivity contribution >= 4 is 11.6 Å². The molecule has 0 bridgehead atoms. The SMILES string of the molecule is CN1C(=O)Cc2cccc(C3CCC3)c21. The summed E-state index contributed by atoms with van der Waals surface area (Å²) in [5, 5.41) is 0. The van der Waals surface area contributed by atoms with Gasteiger partial charge in [0.05, 0.1) is 12.1 Å². The maximum absolute atomic E-state index is 11.6. The number of carbonyl (C=O) groups is 1. The Morgan fingerprint density at radius 3 is 2.80 bits per heavy atom. The van der Waals surface area contributed by atoms with Gasteiger partial charge < -0.3 is 4.90 Å². The summed E-state index contributed by atoms with van der Waals surface area (Å²) in [7, 11) is 1.90. The first-order valence-corrected chi connectivity index (χ1v) is 5.65. The van der Waals surface area contributed by atoms with Crippen LogP contribution in [0.25, 0.3) is 0 Å². The Hall–Kier alpha value is -1.31. The molecule has 0 atom stereocenters. The third-order valence-electron chi connectivity index (χ3n) is 3.75. The van der Waals surface area contributed by atoms with E-state index < -0.39 is 0 Å². The van der Waals surface area contributed by atoms with Gasteiger partial charge in [0.2, 0.25) is 5.91 Å². The lowest BCUT2D eigenvalue weighted by atomic mass is 9.79. The summed E-state index contributed by atoms with van der Waals surface area (Å²) in [5.41, 5.74) is 3.81. The first-order valence-electron chi connectivity index (χ1n) is 5.65. The maximum Gasteiger partial charge on any atom is 0.231 e. The summed E-state index contributed by atoms with van der Waals surface area (Å²) in [6.07, 6.45) is 4.51. The van der Waals surface area contributed by atoms with Crippen molar-refractivity contribution in [1.82, 2.24) is 0 Å². The Morgan fingerprint density at radius 2 is 2.13 bits per heavy atom. The monoisotopic (exact) mass is 201 g/mol. The Kier molecular flexibility index (Phi) is 1.84. The fourth-order valence-electron chi connectivity index (χ4n) is 2.62. The van der Waals surface area contributed by atoms with Crippen LogP contribution in [0.1, 0.15) is 36.3 Å². The zero-order chi connectivity index (χ0) is 10.4. The lowest BCUT2D eigenvalue weighted by molar-refractivity contribution is -0.117. The Labute approximate surface area is 89.9 Å². The van der Waals surface area contributed by atoms with Crippen LogP contribution in [-0.2, 0) is 11.2 Å². The van der Waals surface area contributed by atoms with E-state index in [4.69, 9.17) is 0 Å². The van der Waals surface area contributed by atoms with Crippen molar-refractivity contribution in [3.8, 4) is 0 Å². The summed E-state index contributed by atoms with van der Waals surface area (Å²) in [6.45, 7) is 0. The number of likely N-dealkylation sites (N-methyl/N-ethyl adjacent to an activating group) is 1. The predicted molar refractivity (Wildman–Crippen MR) is 60.1 cm³/mol. The molecule has 2 heteroatoms. The number of fused-ring (bicyclic) bond motifs is 1. The summed E-state index contributed by atoms with van der Waals surface area (Å²) >= 11 is 0. The van der Waals surface area contributed by atoms with Crippen molar-refractivity contribution in [2.45, 2.75) is 31.6 Å². The second kappa shape index (κ2) is 3.09. The summed E-state index contributed by atoms with van der Waals surface area (Å²) < 4.78 is 0. The van der Waals surface area contributed by atoms with Crippen molar-refractivity contribution in [2.24, 2.45) is 0 Å². The van der Waals surface area contributed by atoms with Gasteiger partial charge in [-0.1, -0.05) is 24.6 Å². The summed E-state index contributed by atoms with van der Waals surface area (Å²) in [6, 6.07) is 6.37. The van der Waals surface area contributed by atoms with E-state index in [-0.39, 0.29) is 5.91 Å². The van der Waals surface area contributed by atoms with Gasteiger partial charge >= 0.3 is 0 Å². The second-order valence-electron chi connectivity index (χ2n) is 4.61. The van der Waals surface area contributed by atoms with Crippen LogP contribution in [0.5, 0.6) is 0 Å². The van der Waals surface area contributed by atoms with Crippen LogP contribution >= 0.6 is 0 Å². The molecule has 0 radical (unpaired) electrons. The third-order valence-corrected chi connectivity index (χ3v) is 3.75. The smallest absolute Gasteiger partial charge is 0.231 e. The highest BCUT2D eigenvalue weighted by molar-refractivity contribution is 6.01. The van der Waals surface area contributed by atoms with Crippen LogP contribution in [0.15, 0.2) is 18.2 Å². The van der Waals surface area contributed by atoms with Gasteiger partial charge in [-0.2, -0.15) is 0 Å². The molecule has 1 aliphatic heterocycles. The number of anilines is 1. The summed E-state index contributed by atoms with van der Waals surface area (Å²) in [5.74, 6) is 0.935. The molecule has 1 fully saturated rings. The summed E-state index contributed by atoms with van der Waals surface area (Å²) in [4.78, 5) is 13.5. The van der Waals surface area contributed by atoms with E-state index in [1.54, 1.807) is 0 Å². The number of benzene rings is 1. The van der Waals surface area contributed by atoms with Crippen molar-refractivity contribution in [2.75, 3.05) is 11.9 Å². The normalized spacial score (nSPS) is 20.3. The van der Waals surface area contributed by atoms with Crippen LogP contribution in [0.4, 0.5) is 5.69 Å². The molecule has 0 unspecified atom stereocenters. The predicted octanol–water partition coefficient (Wildman–Crippen LogP) is 2.47. The van der Waals surface area contributed by atoms with E-state index in [2.05, 4.69) is 18.2 Å². The molecule has 0 spiro atoms. The van der Waals surface area contributed by atoms with Crippen molar-refractivity contribution in [3.63, 3.8) is 0 Å². The number of rotatable bonds is 1. The molecule has 1 aliphatic carbocycles. The van der Waals surface area contributed by atoms with Gasteiger partial charge in [0, 0.05) is 7.05 Å². The van der Waals surface area contributed by atoms with Crippen LogP contribution < -0.4 is 4.90 Å². The molecule has 1 aromatic rings. The molecule has 2 nitrogen and oxygen atoms in total. The molecule has 0 aromatic heterocycles. The fourth-order valence-corrected chi connectivity index (χ4v) is 2.62. The van der Waals surface area contributed by atoms with Gasteiger partial charge in [-0.25, -0.2) is 0 Å². The van der Waals surface area contributed by atoms with Gasteiger partial charge in [0.15, 0.2) is 0 Å². The molecule has 15 heavy (non-hydrogen) atoms. The Bertz CT molecular complexity index is 421. The molecule has 2 aliphatic rings. The highest BCUT2D eigenvalue weighted by Crippen LogP contribution is 2.43. The van der Waals surface area contributed by atoms with Crippen LogP contribution in [0, 0.1) is 0 Å². The molecule has 78 valence electrons. The minimum absolute atomic E-state index is 0.233. The molecular weight excluding hydrogens is 186 g/mol. The van der Waals surface area contributed by atoms with E-state index in [1.807, 2.05) is 11.9 Å². The standard InChI is InChI=1S/C13H15NO/c1-14-12(15)8-10-6-3-7-11(13(10)14)9-4-2-5-9/h3,6-7,9H,2,4-5,8H2,1H3. The first kappa shape index (κ1) is 8.96. The van der Waals surface area contributed by atoms with Crippen LogP contribution in [-0.4, -0.2) is 13.0 Å². The minimum atomic E-state index is 0.233. The molecule has 1 heterocycles. The van der Waals surface area contributed by atoms with E-state index in [0.717, 1.165) is 0 Å². The van der Waals surface area contributed by atoms with Gasteiger partial charge in [-0.15, -0.1) is 0 Å². The van der Waals surface area contributed by atoms with Gasteiger partial charge in [-0.05, 0) is 29.9 Å². The maximum atomic E-state index is 11.6. The minimum Gasteiger partial charge on any atom is -0.315 e. The number of carbonyl (C=O) groups excluding carboxylic acids is 1. The zero-order valence-electron chi connectivity index (χ0n) is 8.99. The van der Waals surface area contributed by atoms with Crippen molar-refractivity contribution in [3.05, 3.63) is 29.3 Å². The number of amides is 1. The van der Waals surface area contributed by atoms with Crippen LogP contribution in [0.3, 0.4) is 0 Å². The molecule has 1 saturated carbocycles. The number of hydrogen-bond acceptors (Lipinski definition) is 1. The van der Waals surface area contributed by atoms with Gasteiger partial charge in [-0.3, -0.25) is 4.79 Å². The first-order chi connectivity index (χ1) is 7.27. The van der Waals surface area contributed by atoms with Crippen LogP contribution in [0.2, 0.25) is 0 Å². The van der Waals surface area contributed by atoms with Crippen molar-refractivity contribution < 1.29 is 4.79 Å². The fraction of sp³-hybridized carbons (Fsp3) is 0.462. The highest BCUT2D eigenvalue weighted by Gasteiger charge is 2.30. The number of para-hydroxylation sites is 1. The molecule has 1 amide bonds. The molecular formula is C13H15NO. The average molecular weight is 201 g/mol. The molecule has 1 aromatic carbocycles. The van der Waals surface area contributed by atoms with Crippen molar-refractivity contribution in [1.29, 1.82) is 0 Å². The Morgan fingerprint density at radius 1 is 1.33 bits per heavy atom. The highest BCUT2D eigenvalue weighted by atomic mass is 16.2. The average Bonchev–Trinajstić information content (AvgIpc) is 2.41. The lowest BCUT2D eigenvalue weighted by Crippen LogP contribution is -2.23. The number of hydrogen-bond donors (Lipinski definition) is 0. The lowest BCUT2D eigenvalue weighted by Gasteiger charge is -2.29. The largest absolute Gasteiger partial charge is 0.315 e. The van der Waals surface area contributed by atoms with Gasteiger partial charge in [0.25, 0.3) is 0 Å². The van der Waals surface area contributed by atoms with E-state index in [0.29, 0.717) is 12.3 Å².